The van der Waals surface area contributed by atoms with E-state index in [1.54, 1.807) is 0 Å². The van der Waals surface area contributed by atoms with Gasteiger partial charge in [-0.05, 0) is 25.7 Å². The first-order valence-corrected chi connectivity index (χ1v) is 9.07. The summed E-state index contributed by atoms with van der Waals surface area (Å²) in [5.74, 6) is -0.638. The number of amides is 1. The fourth-order valence-corrected chi connectivity index (χ4v) is 2.83. The van der Waals surface area contributed by atoms with Crippen LogP contribution in [0.1, 0.15) is 64.7 Å². The van der Waals surface area contributed by atoms with Gasteiger partial charge in [0.25, 0.3) is 0 Å². The number of carbonyl (C=O) groups is 2. The van der Waals surface area contributed by atoms with Gasteiger partial charge in [0.05, 0.1) is 12.1 Å². The number of carbonyl (C=O) groups excluding carboxylic acids is 1. The summed E-state index contributed by atoms with van der Waals surface area (Å²) in [7, 11) is 0. The number of unbranched alkanes of at least 4 members (excludes halogenated alkanes) is 3. The maximum absolute atomic E-state index is 12.0. The molecule has 2 N–H and O–H groups in total. The lowest BCUT2D eigenvalue weighted by atomic mass is 10.1. The zero-order valence-electron chi connectivity index (χ0n) is 14.7. The van der Waals surface area contributed by atoms with Gasteiger partial charge in [-0.25, -0.2) is 0 Å². The Labute approximate surface area is 145 Å². The van der Waals surface area contributed by atoms with Crippen molar-refractivity contribution in [2.45, 2.75) is 76.9 Å². The highest BCUT2D eigenvalue weighted by Gasteiger charge is 2.27. The third-order valence-electron chi connectivity index (χ3n) is 4.26. The van der Waals surface area contributed by atoms with Crippen molar-refractivity contribution in [1.82, 2.24) is 4.90 Å². The molecule has 0 aromatic rings. The molecule has 1 heterocycles. The van der Waals surface area contributed by atoms with Crippen molar-refractivity contribution in [3.05, 3.63) is 24.3 Å². The monoisotopic (exact) mass is 337 g/mol. The van der Waals surface area contributed by atoms with E-state index in [2.05, 4.69) is 6.92 Å². The van der Waals surface area contributed by atoms with Gasteiger partial charge in [-0.1, -0.05) is 50.5 Å². The van der Waals surface area contributed by atoms with E-state index in [0.717, 1.165) is 32.1 Å². The minimum atomic E-state index is -0.777. The Morgan fingerprint density at radius 3 is 2.83 bits per heavy atom. The van der Waals surface area contributed by atoms with Gasteiger partial charge >= 0.3 is 5.97 Å². The Kier molecular flexibility index (Phi) is 10.1. The molecule has 0 bridgehead atoms. The van der Waals surface area contributed by atoms with Gasteiger partial charge in [-0.2, -0.15) is 0 Å². The summed E-state index contributed by atoms with van der Waals surface area (Å²) in [4.78, 5) is 24.2. The van der Waals surface area contributed by atoms with Crippen molar-refractivity contribution in [2.75, 3.05) is 6.54 Å². The normalized spacial score (nSPS) is 19.7. The molecular formula is C19H31NO4. The first-order valence-electron chi connectivity index (χ1n) is 9.07. The molecule has 0 aliphatic carbocycles. The molecule has 0 aromatic carbocycles. The lowest BCUT2D eigenvalue weighted by Crippen LogP contribution is -2.32. The highest BCUT2D eigenvalue weighted by molar-refractivity contribution is 5.79. The number of hydrogen-bond acceptors (Lipinski definition) is 3. The van der Waals surface area contributed by atoms with Gasteiger partial charge in [0, 0.05) is 19.4 Å². The SMILES string of the molecule is CCCCCC(O)/C=C/C1CCC(=O)N1C/C=C\CCCC(=O)O. The van der Waals surface area contributed by atoms with Crippen molar-refractivity contribution < 1.29 is 19.8 Å². The van der Waals surface area contributed by atoms with Crippen molar-refractivity contribution >= 4 is 11.9 Å². The van der Waals surface area contributed by atoms with Crippen LogP contribution in [0.3, 0.4) is 0 Å². The second kappa shape index (κ2) is 11.8. The molecule has 0 spiro atoms. The molecule has 2 atom stereocenters. The summed E-state index contributed by atoms with van der Waals surface area (Å²) >= 11 is 0. The van der Waals surface area contributed by atoms with E-state index in [9.17, 15) is 14.7 Å². The number of likely N-dealkylation sites (tertiary alicyclic amines) is 1. The average Bonchev–Trinajstić information content (AvgIpc) is 2.89. The average molecular weight is 337 g/mol. The predicted molar refractivity (Wildman–Crippen MR) is 94.7 cm³/mol. The Hall–Kier alpha value is -1.62. The third-order valence-corrected chi connectivity index (χ3v) is 4.26. The van der Waals surface area contributed by atoms with E-state index >= 15 is 0 Å². The Bertz CT molecular complexity index is 445. The Morgan fingerprint density at radius 1 is 1.33 bits per heavy atom. The number of aliphatic hydroxyl groups is 1. The fraction of sp³-hybridized carbons (Fsp3) is 0.684. The number of nitrogens with zero attached hydrogens (tertiary/aromatic N) is 1. The molecule has 1 aliphatic heterocycles. The molecule has 5 heteroatoms. The Balaban J connectivity index is 2.37. The van der Waals surface area contributed by atoms with E-state index in [0.29, 0.717) is 25.8 Å². The lowest BCUT2D eigenvalue weighted by Gasteiger charge is -2.21. The standard InChI is InChI=1S/C19H31NO4/c1-2-3-6-9-17(21)13-11-16-12-14-18(22)20(16)15-8-5-4-7-10-19(23)24/h5,8,11,13,16-17,21H,2-4,6-7,9-10,12,14-15H2,1H3,(H,23,24)/b8-5-,13-11+. The molecule has 1 rings (SSSR count). The molecule has 0 aromatic heterocycles. The summed E-state index contributed by atoms with van der Waals surface area (Å²) in [5.41, 5.74) is 0. The van der Waals surface area contributed by atoms with E-state index in [1.165, 1.54) is 0 Å². The molecule has 1 saturated heterocycles. The Morgan fingerprint density at radius 2 is 2.12 bits per heavy atom. The van der Waals surface area contributed by atoms with E-state index < -0.39 is 12.1 Å². The molecule has 0 saturated carbocycles. The molecule has 24 heavy (non-hydrogen) atoms. The van der Waals surface area contributed by atoms with Crippen molar-refractivity contribution in [3.8, 4) is 0 Å². The summed E-state index contributed by atoms with van der Waals surface area (Å²) in [6.45, 7) is 2.69. The lowest BCUT2D eigenvalue weighted by molar-refractivity contribution is -0.137. The highest BCUT2D eigenvalue weighted by Crippen LogP contribution is 2.20. The van der Waals surface area contributed by atoms with Crippen LogP contribution in [-0.4, -0.2) is 45.7 Å². The number of hydrogen-bond donors (Lipinski definition) is 2. The zero-order valence-corrected chi connectivity index (χ0v) is 14.7. The van der Waals surface area contributed by atoms with Crippen LogP contribution in [0, 0.1) is 0 Å². The van der Waals surface area contributed by atoms with E-state index in [1.807, 2.05) is 29.2 Å². The molecule has 1 fully saturated rings. The predicted octanol–water partition coefficient (Wildman–Crippen LogP) is 3.29. The molecule has 2 unspecified atom stereocenters. The number of allylic oxidation sites excluding steroid dienone is 1. The number of aliphatic hydroxyl groups excluding tert-OH is 1. The minimum Gasteiger partial charge on any atom is -0.481 e. The number of rotatable bonds is 12. The smallest absolute Gasteiger partial charge is 0.303 e. The maximum atomic E-state index is 12.0. The summed E-state index contributed by atoms with van der Waals surface area (Å²) < 4.78 is 0. The maximum Gasteiger partial charge on any atom is 0.303 e. The highest BCUT2D eigenvalue weighted by atomic mass is 16.4. The van der Waals surface area contributed by atoms with Gasteiger partial charge in [0.1, 0.15) is 0 Å². The fourth-order valence-electron chi connectivity index (χ4n) is 2.83. The minimum absolute atomic E-state index is 0.0574. The van der Waals surface area contributed by atoms with E-state index in [-0.39, 0.29) is 18.4 Å². The van der Waals surface area contributed by atoms with Crippen LogP contribution < -0.4 is 0 Å². The van der Waals surface area contributed by atoms with Crippen LogP contribution in [0.2, 0.25) is 0 Å². The second-order valence-corrected chi connectivity index (χ2v) is 6.36. The molecule has 0 radical (unpaired) electrons. The van der Waals surface area contributed by atoms with Crippen LogP contribution in [-0.2, 0) is 9.59 Å². The molecule has 5 nitrogen and oxygen atoms in total. The second-order valence-electron chi connectivity index (χ2n) is 6.36. The zero-order chi connectivity index (χ0) is 17.8. The topological polar surface area (TPSA) is 77.8 Å². The summed E-state index contributed by atoms with van der Waals surface area (Å²) in [5, 5.41) is 18.5. The first-order chi connectivity index (χ1) is 11.5. The van der Waals surface area contributed by atoms with Gasteiger partial charge in [-0.3, -0.25) is 9.59 Å². The van der Waals surface area contributed by atoms with Crippen LogP contribution in [0.5, 0.6) is 0 Å². The number of carboxylic acids is 1. The van der Waals surface area contributed by atoms with Gasteiger partial charge in [0.2, 0.25) is 5.91 Å². The first kappa shape index (κ1) is 20.4. The molecular weight excluding hydrogens is 306 g/mol. The van der Waals surface area contributed by atoms with Crippen molar-refractivity contribution in [1.29, 1.82) is 0 Å². The van der Waals surface area contributed by atoms with Gasteiger partial charge in [0.15, 0.2) is 0 Å². The summed E-state index contributed by atoms with van der Waals surface area (Å²) in [6.07, 6.45) is 14.1. The number of aliphatic carboxylic acids is 1. The number of carboxylic acid groups (broad SMARTS) is 1. The van der Waals surface area contributed by atoms with Crippen LogP contribution in [0.25, 0.3) is 0 Å². The van der Waals surface area contributed by atoms with Crippen molar-refractivity contribution in [3.63, 3.8) is 0 Å². The molecule has 1 amide bonds. The van der Waals surface area contributed by atoms with Crippen molar-refractivity contribution in [2.24, 2.45) is 0 Å². The van der Waals surface area contributed by atoms with Gasteiger partial charge in [-0.15, -0.1) is 0 Å². The third kappa shape index (κ3) is 8.29. The van der Waals surface area contributed by atoms with E-state index in [4.69, 9.17) is 5.11 Å². The van der Waals surface area contributed by atoms with Gasteiger partial charge < -0.3 is 15.1 Å². The molecule has 136 valence electrons. The van der Waals surface area contributed by atoms with Crippen LogP contribution in [0.4, 0.5) is 0 Å². The summed E-state index contributed by atoms with van der Waals surface area (Å²) in [6, 6.07) is 0.0574. The molecule has 1 aliphatic rings. The quantitative estimate of drug-likeness (QED) is 0.423. The van der Waals surface area contributed by atoms with Crippen LogP contribution >= 0.6 is 0 Å². The largest absolute Gasteiger partial charge is 0.481 e. The van der Waals surface area contributed by atoms with Crippen LogP contribution in [0.15, 0.2) is 24.3 Å².